The third-order valence-electron chi connectivity index (χ3n) is 6.38. The minimum atomic E-state index is -4.60. The van der Waals surface area contributed by atoms with Gasteiger partial charge in [0.1, 0.15) is 11.9 Å². The molecular formula is C24H23F3N6O3. The van der Waals surface area contributed by atoms with Gasteiger partial charge in [0.05, 0.1) is 48.7 Å². The topological polar surface area (TPSA) is 93.6 Å². The minimum Gasteiger partial charge on any atom is -0.481 e. The normalized spacial score (nSPS) is 17.6. The van der Waals surface area contributed by atoms with Crippen molar-refractivity contribution < 1.29 is 27.4 Å². The molecule has 0 spiro atoms. The van der Waals surface area contributed by atoms with Crippen molar-refractivity contribution in [1.29, 1.82) is 0 Å². The fraction of sp³-hybridized carbons (Fsp3) is 0.375. The number of hydrogen-bond acceptors (Lipinski definition) is 9. The Kier molecular flexibility index (Phi) is 6.33. The lowest BCUT2D eigenvalue weighted by atomic mass is 10.1. The van der Waals surface area contributed by atoms with Crippen LogP contribution in [0.5, 0.6) is 11.8 Å². The molecule has 1 saturated heterocycles. The Morgan fingerprint density at radius 1 is 1.14 bits per heavy atom. The van der Waals surface area contributed by atoms with Gasteiger partial charge in [0.15, 0.2) is 12.5 Å². The van der Waals surface area contributed by atoms with Gasteiger partial charge < -0.3 is 19.3 Å². The van der Waals surface area contributed by atoms with Crippen LogP contribution in [0.4, 0.5) is 24.5 Å². The summed E-state index contributed by atoms with van der Waals surface area (Å²) < 4.78 is 51.7. The van der Waals surface area contributed by atoms with E-state index in [0.29, 0.717) is 54.3 Å². The number of aldehydes is 1. The van der Waals surface area contributed by atoms with Crippen molar-refractivity contribution in [3.05, 3.63) is 59.4 Å². The van der Waals surface area contributed by atoms with Crippen LogP contribution < -0.4 is 19.3 Å². The molecule has 0 aromatic carbocycles. The largest absolute Gasteiger partial charge is 0.481 e. The third-order valence-corrected chi connectivity index (χ3v) is 6.38. The van der Waals surface area contributed by atoms with E-state index in [4.69, 9.17) is 9.47 Å². The molecule has 3 aromatic heterocycles. The number of methoxy groups -OCH3 is 1. The Morgan fingerprint density at radius 2 is 2.00 bits per heavy atom. The van der Waals surface area contributed by atoms with E-state index in [1.165, 1.54) is 12.5 Å². The highest BCUT2D eigenvalue weighted by atomic mass is 19.4. The zero-order chi connectivity index (χ0) is 25.3. The minimum absolute atomic E-state index is 0.260. The number of hydrogen-bond donors (Lipinski definition) is 0. The number of halogens is 3. The summed E-state index contributed by atoms with van der Waals surface area (Å²) in [5, 5.41) is 0. The van der Waals surface area contributed by atoms with Crippen LogP contribution in [0.2, 0.25) is 0 Å². The number of nitrogens with zero attached hydrogens (tertiary/aromatic N) is 6. The van der Waals surface area contributed by atoms with Crippen LogP contribution in [-0.4, -0.2) is 52.6 Å². The zero-order valence-electron chi connectivity index (χ0n) is 19.4. The highest BCUT2D eigenvalue weighted by Gasteiger charge is 2.37. The summed E-state index contributed by atoms with van der Waals surface area (Å²) in [4.78, 5) is 32.0. The molecule has 36 heavy (non-hydrogen) atoms. The lowest BCUT2D eigenvalue weighted by molar-refractivity contribution is -0.139. The number of alkyl halides is 3. The van der Waals surface area contributed by atoms with Crippen LogP contribution in [-0.2, 0) is 19.1 Å². The van der Waals surface area contributed by atoms with Crippen molar-refractivity contribution in [1.82, 2.24) is 19.9 Å². The summed E-state index contributed by atoms with van der Waals surface area (Å²) in [6, 6.07) is 2.70. The molecule has 0 aliphatic carbocycles. The number of aromatic nitrogens is 4. The SMILES string of the molecule is COc1ncc(N2CCc3ncnc(OC4CCCN4c4cnccc4C=O)c3C2)cc1C(F)(F)F. The van der Waals surface area contributed by atoms with E-state index in [1.54, 1.807) is 23.4 Å². The molecule has 1 atom stereocenters. The van der Waals surface area contributed by atoms with Crippen LogP contribution in [0.15, 0.2) is 37.1 Å². The number of carbonyl (C=O) groups is 1. The van der Waals surface area contributed by atoms with Gasteiger partial charge in [-0.2, -0.15) is 13.2 Å². The number of fused-ring (bicyclic) bond motifs is 1. The van der Waals surface area contributed by atoms with E-state index < -0.39 is 17.6 Å². The predicted octanol–water partition coefficient (Wildman–Crippen LogP) is 3.67. The van der Waals surface area contributed by atoms with Crippen LogP contribution in [0.1, 0.15) is 40.0 Å². The zero-order valence-corrected chi connectivity index (χ0v) is 19.4. The van der Waals surface area contributed by atoms with E-state index in [1.807, 2.05) is 4.90 Å². The fourth-order valence-electron chi connectivity index (χ4n) is 4.62. The lowest BCUT2D eigenvalue weighted by Crippen LogP contribution is -2.36. The van der Waals surface area contributed by atoms with E-state index in [9.17, 15) is 18.0 Å². The molecular weight excluding hydrogens is 477 g/mol. The number of pyridine rings is 2. The molecule has 1 fully saturated rings. The van der Waals surface area contributed by atoms with Gasteiger partial charge in [-0.25, -0.2) is 15.0 Å². The summed E-state index contributed by atoms with van der Waals surface area (Å²) in [7, 11) is 1.16. The number of rotatable bonds is 6. The van der Waals surface area contributed by atoms with Gasteiger partial charge in [0, 0.05) is 37.7 Å². The van der Waals surface area contributed by atoms with E-state index in [-0.39, 0.29) is 12.8 Å². The Bertz CT molecular complexity index is 1270. The first-order valence-corrected chi connectivity index (χ1v) is 11.4. The molecule has 188 valence electrons. The molecule has 9 nitrogen and oxygen atoms in total. The summed E-state index contributed by atoms with van der Waals surface area (Å²) >= 11 is 0. The van der Waals surface area contributed by atoms with Crippen LogP contribution in [0.25, 0.3) is 0 Å². The monoisotopic (exact) mass is 500 g/mol. The summed E-state index contributed by atoms with van der Waals surface area (Å²) in [5.41, 5.74) is 2.08. The van der Waals surface area contributed by atoms with Crippen LogP contribution >= 0.6 is 0 Å². The van der Waals surface area contributed by atoms with Gasteiger partial charge in [0.2, 0.25) is 11.8 Å². The smallest absolute Gasteiger partial charge is 0.421 e. The predicted molar refractivity (Wildman–Crippen MR) is 123 cm³/mol. The van der Waals surface area contributed by atoms with Gasteiger partial charge in [-0.15, -0.1) is 0 Å². The van der Waals surface area contributed by atoms with Gasteiger partial charge >= 0.3 is 6.18 Å². The van der Waals surface area contributed by atoms with Crippen molar-refractivity contribution >= 4 is 17.7 Å². The molecule has 2 aliphatic heterocycles. The second kappa shape index (κ2) is 9.59. The first-order valence-electron chi connectivity index (χ1n) is 11.4. The number of ether oxygens (including phenoxy) is 2. The first-order chi connectivity index (χ1) is 17.4. The number of carbonyl (C=O) groups excluding carboxylic acids is 1. The molecule has 3 aromatic rings. The van der Waals surface area contributed by atoms with E-state index in [2.05, 4.69) is 19.9 Å². The van der Waals surface area contributed by atoms with Crippen molar-refractivity contribution in [2.75, 3.05) is 30.0 Å². The highest BCUT2D eigenvalue weighted by Crippen LogP contribution is 2.38. The van der Waals surface area contributed by atoms with Crippen molar-refractivity contribution in [2.45, 2.75) is 38.2 Å². The lowest BCUT2D eigenvalue weighted by Gasteiger charge is -2.32. The standard InChI is InChI=1S/C24H23F3N6O3/c1-35-23-18(24(25,26)27)9-16(10-29-23)32-8-5-19-17(12-32)22(31-14-30-19)36-21-3-2-7-33(21)20-11-28-6-4-15(20)13-34/h4,6,9-11,13-14,21H,2-3,5,7-8,12H2,1H3. The molecule has 0 saturated carbocycles. The Hall–Kier alpha value is -3.96. The Morgan fingerprint density at radius 3 is 2.78 bits per heavy atom. The maximum absolute atomic E-state index is 13.5. The second-order valence-electron chi connectivity index (χ2n) is 8.48. The Labute approximate surface area is 204 Å². The summed E-state index contributed by atoms with van der Waals surface area (Å²) in [6.07, 6.45) is 3.89. The molecule has 0 radical (unpaired) electrons. The maximum Gasteiger partial charge on any atom is 0.421 e. The quantitative estimate of drug-likeness (QED) is 0.470. The van der Waals surface area contributed by atoms with Crippen LogP contribution in [0, 0.1) is 0 Å². The summed E-state index contributed by atoms with van der Waals surface area (Å²) in [6.45, 7) is 1.41. The molecule has 0 bridgehead atoms. The molecule has 5 heterocycles. The van der Waals surface area contributed by atoms with E-state index in [0.717, 1.165) is 31.6 Å². The fourth-order valence-corrected chi connectivity index (χ4v) is 4.62. The van der Waals surface area contributed by atoms with Crippen molar-refractivity contribution in [2.24, 2.45) is 0 Å². The molecule has 2 aliphatic rings. The highest BCUT2D eigenvalue weighted by molar-refractivity contribution is 5.84. The average molecular weight is 500 g/mol. The van der Waals surface area contributed by atoms with Crippen molar-refractivity contribution in [3.8, 4) is 11.8 Å². The van der Waals surface area contributed by atoms with Crippen LogP contribution in [0.3, 0.4) is 0 Å². The average Bonchev–Trinajstić information content (AvgIpc) is 3.35. The Balaban J connectivity index is 1.42. The number of anilines is 2. The van der Waals surface area contributed by atoms with Gasteiger partial charge in [0.25, 0.3) is 0 Å². The molecule has 1 unspecified atom stereocenters. The third kappa shape index (κ3) is 4.50. The van der Waals surface area contributed by atoms with E-state index >= 15 is 0 Å². The molecule has 0 amide bonds. The molecule has 5 rings (SSSR count). The first kappa shape index (κ1) is 23.8. The summed E-state index contributed by atoms with van der Waals surface area (Å²) in [5.74, 6) is -0.0990. The molecule has 12 heteroatoms. The van der Waals surface area contributed by atoms with Crippen molar-refractivity contribution in [3.63, 3.8) is 0 Å². The van der Waals surface area contributed by atoms with Gasteiger partial charge in [-0.05, 0) is 18.6 Å². The maximum atomic E-state index is 13.5. The second-order valence-corrected chi connectivity index (χ2v) is 8.48. The van der Waals surface area contributed by atoms with Gasteiger partial charge in [-0.1, -0.05) is 0 Å². The molecule has 0 N–H and O–H groups in total. The van der Waals surface area contributed by atoms with Gasteiger partial charge in [-0.3, -0.25) is 9.78 Å².